The SMILES string of the molecule is Cc1ccc(S(=O)(=O)NCC2(O)CCOC2)cc1C(N)=O. The molecular weight excluding hydrogens is 296 g/mol. The van der Waals surface area contributed by atoms with Crippen molar-refractivity contribution in [2.24, 2.45) is 5.73 Å². The zero-order valence-corrected chi connectivity index (χ0v) is 12.4. The average Bonchev–Trinajstić information content (AvgIpc) is 2.84. The van der Waals surface area contributed by atoms with Crippen LogP contribution in [-0.4, -0.2) is 44.8 Å². The fourth-order valence-corrected chi connectivity index (χ4v) is 3.23. The normalized spacial score (nSPS) is 22.4. The monoisotopic (exact) mass is 314 g/mol. The van der Waals surface area contributed by atoms with Crippen molar-refractivity contribution in [2.45, 2.75) is 23.8 Å². The minimum Gasteiger partial charge on any atom is -0.386 e. The molecule has 1 aromatic carbocycles. The van der Waals surface area contributed by atoms with Gasteiger partial charge in [-0.05, 0) is 24.6 Å². The standard InChI is InChI=1S/C13H18N2O5S/c1-9-2-3-10(6-11(9)12(14)16)21(18,19)15-7-13(17)4-5-20-8-13/h2-3,6,15,17H,4-5,7-8H2,1H3,(H2,14,16). The van der Waals surface area contributed by atoms with E-state index in [2.05, 4.69) is 4.72 Å². The van der Waals surface area contributed by atoms with E-state index >= 15 is 0 Å². The summed E-state index contributed by atoms with van der Waals surface area (Å²) in [6.45, 7) is 2.02. The molecule has 0 spiro atoms. The largest absolute Gasteiger partial charge is 0.386 e. The number of nitrogens with two attached hydrogens (primary N) is 1. The number of benzene rings is 1. The summed E-state index contributed by atoms with van der Waals surface area (Å²) in [5.74, 6) is -0.688. The van der Waals surface area contributed by atoms with Crippen LogP contribution in [-0.2, 0) is 14.8 Å². The van der Waals surface area contributed by atoms with Gasteiger partial charge in [-0.25, -0.2) is 13.1 Å². The van der Waals surface area contributed by atoms with Gasteiger partial charge in [0, 0.05) is 25.1 Å². The Kier molecular flexibility index (Phi) is 4.33. The molecule has 1 amide bonds. The molecule has 1 fully saturated rings. The molecule has 0 saturated carbocycles. The van der Waals surface area contributed by atoms with Crippen LogP contribution in [0.3, 0.4) is 0 Å². The van der Waals surface area contributed by atoms with Crippen molar-refractivity contribution >= 4 is 15.9 Å². The van der Waals surface area contributed by atoms with Crippen molar-refractivity contribution in [3.63, 3.8) is 0 Å². The van der Waals surface area contributed by atoms with Gasteiger partial charge >= 0.3 is 0 Å². The maximum absolute atomic E-state index is 12.2. The number of sulfonamides is 1. The number of aliphatic hydroxyl groups is 1. The summed E-state index contributed by atoms with van der Waals surface area (Å²) in [5, 5.41) is 10.1. The summed E-state index contributed by atoms with van der Waals surface area (Å²) in [6, 6.07) is 4.14. The summed E-state index contributed by atoms with van der Waals surface area (Å²) in [4.78, 5) is 11.2. The summed E-state index contributed by atoms with van der Waals surface area (Å²) in [6.07, 6.45) is 0.371. The molecule has 7 nitrogen and oxygen atoms in total. The van der Waals surface area contributed by atoms with E-state index < -0.39 is 21.5 Å². The van der Waals surface area contributed by atoms with Gasteiger partial charge < -0.3 is 15.6 Å². The summed E-state index contributed by atoms with van der Waals surface area (Å²) < 4.78 is 31.8. The Labute approximate surface area is 123 Å². The van der Waals surface area contributed by atoms with Crippen LogP contribution in [0.5, 0.6) is 0 Å². The van der Waals surface area contributed by atoms with Gasteiger partial charge in [0.2, 0.25) is 15.9 Å². The topological polar surface area (TPSA) is 119 Å². The Bertz CT molecular complexity index is 651. The number of nitrogens with one attached hydrogen (secondary N) is 1. The molecule has 1 saturated heterocycles. The Morgan fingerprint density at radius 1 is 1.52 bits per heavy atom. The average molecular weight is 314 g/mol. The van der Waals surface area contributed by atoms with E-state index in [-0.39, 0.29) is 23.6 Å². The van der Waals surface area contributed by atoms with E-state index in [0.29, 0.717) is 18.6 Å². The molecule has 1 heterocycles. The molecule has 1 unspecified atom stereocenters. The van der Waals surface area contributed by atoms with Gasteiger partial charge in [0.05, 0.1) is 11.5 Å². The molecule has 21 heavy (non-hydrogen) atoms. The van der Waals surface area contributed by atoms with Crippen LogP contribution >= 0.6 is 0 Å². The van der Waals surface area contributed by atoms with Crippen LogP contribution in [0.25, 0.3) is 0 Å². The molecule has 1 aromatic rings. The molecule has 0 bridgehead atoms. The first-order valence-electron chi connectivity index (χ1n) is 6.44. The van der Waals surface area contributed by atoms with E-state index in [1.54, 1.807) is 6.92 Å². The van der Waals surface area contributed by atoms with Crippen molar-refractivity contribution in [2.75, 3.05) is 19.8 Å². The maximum Gasteiger partial charge on any atom is 0.249 e. The minimum atomic E-state index is -3.83. The Hall–Kier alpha value is -1.48. The molecule has 116 valence electrons. The Morgan fingerprint density at radius 2 is 2.24 bits per heavy atom. The first kappa shape index (κ1) is 15.9. The molecule has 1 aliphatic rings. The number of carbonyl (C=O) groups excluding carboxylic acids is 1. The summed E-state index contributed by atoms with van der Waals surface area (Å²) in [7, 11) is -3.83. The second-order valence-electron chi connectivity index (χ2n) is 5.19. The first-order chi connectivity index (χ1) is 9.73. The van der Waals surface area contributed by atoms with Crippen LogP contribution in [0, 0.1) is 6.92 Å². The molecule has 0 radical (unpaired) electrons. The molecule has 4 N–H and O–H groups in total. The lowest BCUT2D eigenvalue weighted by Crippen LogP contribution is -2.43. The fourth-order valence-electron chi connectivity index (χ4n) is 2.08. The van der Waals surface area contributed by atoms with E-state index in [1.807, 2.05) is 0 Å². The highest BCUT2D eigenvalue weighted by Crippen LogP contribution is 2.19. The number of hydrogen-bond donors (Lipinski definition) is 3. The van der Waals surface area contributed by atoms with E-state index in [1.165, 1.54) is 18.2 Å². The van der Waals surface area contributed by atoms with E-state index in [4.69, 9.17) is 10.5 Å². The summed E-state index contributed by atoms with van der Waals surface area (Å²) >= 11 is 0. The predicted octanol–water partition coefficient (Wildman–Crippen LogP) is -0.476. The number of aryl methyl sites for hydroxylation is 1. The highest BCUT2D eigenvalue weighted by Gasteiger charge is 2.33. The Balaban J connectivity index is 2.19. The highest BCUT2D eigenvalue weighted by molar-refractivity contribution is 7.89. The first-order valence-corrected chi connectivity index (χ1v) is 7.92. The van der Waals surface area contributed by atoms with Gasteiger partial charge in [-0.2, -0.15) is 0 Å². The van der Waals surface area contributed by atoms with Gasteiger partial charge in [-0.3, -0.25) is 4.79 Å². The van der Waals surface area contributed by atoms with Crippen LogP contribution in [0.15, 0.2) is 23.1 Å². The zero-order valence-electron chi connectivity index (χ0n) is 11.6. The third kappa shape index (κ3) is 3.59. The second-order valence-corrected chi connectivity index (χ2v) is 6.96. The van der Waals surface area contributed by atoms with Crippen molar-refractivity contribution < 1.29 is 23.1 Å². The van der Waals surface area contributed by atoms with Gasteiger partial charge in [0.15, 0.2) is 0 Å². The van der Waals surface area contributed by atoms with Crippen molar-refractivity contribution in [1.29, 1.82) is 0 Å². The fraction of sp³-hybridized carbons (Fsp3) is 0.462. The third-order valence-corrected chi connectivity index (χ3v) is 4.86. The van der Waals surface area contributed by atoms with Gasteiger partial charge in [-0.1, -0.05) is 6.07 Å². The van der Waals surface area contributed by atoms with Gasteiger partial charge in [-0.15, -0.1) is 0 Å². The quantitative estimate of drug-likeness (QED) is 0.678. The summed E-state index contributed by atoms with van der Waals surface area (Å²) in [5.41, 5.74) is 4.78. The molecular formula is C13H18N2O5S. The zero-order chi connectivity index (χ0) is 15.7. The van der Waals surface area contributed by atoms with Crippen LogP contribution in [0.1, 0.15) is 22.3 Å². The van der Waals surface area contributed by atoms with Crippen molar-refractivity contribution in [1.82, 2.24) is 4.72 Å². The van der Waals surface area contributed by atoms with E-state index in [0.717, 1.165) is 0 Å². The lowest BCUT2D eigenvalue weighted by Gasteiger charge is -2.20. The smallest absolute Gasteiger partial charge is 0.249 e. The predicted molar refractivity (Wildman–Crippen MR) is 75.3 cm³/mol. The number of carbonyl (C=O) groups is 1. The lowest BCUT2D eigenvalue weighted by molar-refractivity contribution is 0.0314. The second kappa shape index (κ2) is 5.72. The number of rotatable bonds is 5. The molecule has 1 atom stereocenters. The molecule has 0 aromatic heterocycles. The van der Waals surface area contributed by atoms with Crippen LogP contribution in [0.4, 0.5) is 0 Å². The lowest BCUT2D eigenvalue weighted by atomic mass is 10.1. The molecule has 2 rings (SSSR count). The molecule has 1 aliphatic heterocycles. The molecule has 8 heteroatoms. The Morgan fingerprint density at radius 3 is 2.81 bits per heavy atom. The van der Waals surface area contributed by atoms with Crippen LogP contribution in [0.2, 0.25) is 0 Å². The molecule has 0 aliphatic carbocycles. The number of amides is 1. The number of hydrogen-bond acceptors (Lipinski definition) is 5. The van der Waals surface area contributed by atoms with Gasteiger partial charge in [0.1, 0.15) is 5.60 Å². The maximum atomic E-state index is 12.2. The highest BCUT2D eigenvalue weighted by atomic mass is 32.2. The number of primary amides is 1. The van der Waals surface area contributed by atoms with Gasteiger partial charge in [0.25, 0.3) is 0 Å². The van der Waals surface area contributed by atoms with E-state index in [9.17, 15) is 18.3 Å². The van der Waals surface area contributed by atoms with Crippen LogP contribution < -0.4 is 10.5 Å². The minimum absolute atomic E-state index is 0.0654. The van der Waals surface area contributed by atoms with Crippen molar-refractivity contribution in [3.8, 4) is 0 Å². The van der Waals surface area contributed by atoms with Crippen molar-refractivity contribution in [3.05, 3.63) is 29.3 Å². The number of ether oxygens (including phenoxy) is 1. The third-order valence-electron chi connectivity index (χ3n) is 3.46.